The molecule has 2 N–H and O–H groups in total. The van der Waals surface area contributed by atoms with E-state index in [1.807, 2.05) is 79.7 Å². The Labute approximate surface area is 160 Å². The molecule has 0 spiro atoms. The van der Waals surface area contributed by atoms with Crippen molar-refractivity contribution >= 4 is 0 Å². The van der Waals surface area contributed by atoms with E-state index in [9.17, 15) is 10.2 Å². The maximum absolute atomic E-state index is 11.1. The van der Waals surface area contributed by atoms with Crippen LogP contribution in [0, 0.1) is 30.6 Å². The Morgan fingerprint density at radius 1 is 0.704 bits per heavy atom. The highest BCUT2D eigenvalue weighted by Crippen LogP contribution is 2.26. The minimum absolute atomic E-state index is 0.563. The van der Waals surface area contributed by atoms with E-state index in [4.69, 9.17) is 0 Å². The standard InChI is InChI=1S/C25H20O2/c1-20-12-14-23(15-13-20)24(26)25(27,18-16-21-8-4-2-5-9-21)19-17-22-10-6-3-7-11-22/h2-15,24,26-27H,1H3/t24-/m0/s1. The van der Waals surface area contributed by atoms with Crippen LogP contribution < -0.4 is 0 Å². The van der Waals surface area contributed by atoms with Crippen molar-refractivity contribution in [1.82, 2.24) is 0 Å². The van der Waals surface area contributed by atoms with Gasteiger partial charge >= 0.3 is 0 Å². The third kappa shape index (κ3) is 4.87. The van der Waals surface area contributed by atoms with Crippen LogP contribution in [0.15, 0.2) is 84.9 Å². The van der Waals surface area contributed by atoms with Crippen molar-refractivity contribution in [2.75, 3.05) is 0 Å². The topological polar surface area (TPSA) is 40.5 Å². The smallest absolute Gasteiger partial charge is 0.218 e. The van der Waals surface area contributed by atoms with E-state index in [2.05, 4.69) is 23.7 Å². The van der Waals surface area contributed by atoms with Gasteiger partial charge < -0.3 is 10.2 Å². The number of hydrogen-bond donors (Lipinski definition) is 2. The molecular formula is C25H20O2. The van der Waals surface area contributed by atoms with Gasteiger partial charge in [-0.25, -0.2) is 0 Å². The van der Waals surface area contributed by atoms with Crippen molar-refractivity contribution < 1.29 is 10.2 Å². The zero-order valence-corrected chi connectivity index (χ0v) is 15.1. The molecule has 3 aromatic rings. The first-order chi connectivity index (χ1) is 13.1. The monoisotopic (exact) mass is 352 g/mol. The van der Waals surface area contributed by atoms with E-state index in [-0.39, 0.29) is 0 Å². The van der Waals surface area contributed by atoms with Crippen LogP contribution in [-0.4, -0.2) is 15.8 Å². The molecule has 0 radical (unpaired) electrons. The molecule has 0 fully saturated rings. The lowest BCUT2D eigenvalue weighted by atomic mass is 9.91. The summed E-state index contributed by atoms with van der Waals surface area (Å²) in [7, 11) is 0. The minimum atomic E-state index is -1.90. The Balaban J connectivity index is 2.01. The quantitative estimate of drug-likeness (QED) is 0.688. The molecule has 3 rings (SSSR count). The van der Waals surface area contributed by atoms with Gasteiger partial charge in [0.05, 0.1) is 0 Å². The second-order valence-electron chi connectivity index (χ2n) is 6.31. The minimum Gasteiger partial charge on any atom is -0.383 e. The van der Waals surface area contributed by atoms with Crippen molar-refractivity contribution in [3.05, 3.63) is 107 Å². The zero-order valence-electron chi connectivity index (χ0n) is 15.1. The van der Waals surface area contributed by atoms with Crippen LogP contribution in [0.25, 0.3) is 0 Å². The normalized spacial score (nSPS) is 11.5. The fourth-order valence-electron chi connectivity index (χ4n) is 2.54. The first-order valence-electron chi connectivity index (χ1n) is 8.70. The molecule has 0 aromatic heterocycles. The molecule has 0 saturated heterocycles. The fourth-order valence-corrected chi connectivity index (χ4v) is 2.54. The zero-order chi connectivity index (χ0) is 19.1. The molecule has 0 amide bonds. The molecule has 27 heavy (non-hydrogen) atoms. The van der Waals surface area contributed by atoms with Crippen LogP contribution in [0.2, 0.25) is 0 Å². The van der Waals surface area contributed by atoms with E-state index < -0.39 is 11.7 Å². The van der Waals surface area contributed by atoms with Gasteiger partial charge in [-0.05, 0) is 48.6 Å². The summed E-state index contributed by atoms with van der Waals surface area (Å²) in [4.78, 5) is 0. The Kier molecular flexibility index (Phi) is 5.74. The van der Waals surface area contributed by atoms with Gasteiger partial charge in [-0.2, -0.15) is 0 Å². The number of aryl methyl sites for hydroxylation is 1. The maximum Gasteiger partial charge on any atom is 0.218 e. The summed E-state index contributed by atoms with van der Waals surface area (Å²) in [5, 5.41) is 22.0. The highest BCUT2D eigenvalue weighted by Gasteiger charge is 2.33. The first kappa shape index (κ1) is 18.5. The average Bonchev–Trinajstić information content (AvgIpc) is 2.72. The largest absolute Gasteiger partial charge is 0.383 e. The fraction of sp³-hybridized carbons (Fsp3) is 0.120. The van der Waals surface area contributed by atoms with Crippen molar-refractivity contribution in [2.24, 2.45) is 0 Å². The van der Waals surface area contributed by atoms with Crippen LogP contribution >= 0.6 is 0 Å². The van der Waals surface area contributed by atoms with Crippen molar-refractivity contribution in [3.8, 4) is 23.7 Å². The van der Waals surface area contributed by atoms with Gasteiger partial charge in [-0.3, -0.25) is 0 Å². The highest BCUT2D eigenvalue weighted by molar-refractivity contribution is 5.46. The molecule has 0 unspecified atom stereocenters. The summed E-state index contributed by atoms with van der Waals surface area (Å²) in [6, 6.07) is 26.0. The number of aliphatic hydroxyl groups is 2. The summed E-state index contributed by atoms with van der Waals surface area (Å²) in [6.45, 7) is 1.97. The lowest BCUT2D eigenvalue weighted by Crippen LogP contribution is -2.33. The molecule has 2 nitrogen and oxygen atoms in total. The lowest BCUT2D eigenvalue weighted by molar-refractivity contribution is 0.00698. The molecule has 132 valence electrons. The van der Waals surface area contributed by atoms with Gasteiger partial charge in [0, 0.05) is 11.1 Å². The van der Waals surface area contributed by atoms with E-state index >= 15 is 0 Å². The number of hydrogen-bond acceptors (Lipinski definition) is 2. The predicted molar refractivity (Wildman–Crippen MR) is 108 cm³/mol. The van der Waals surface area contributed by atoms with E-state index in [0.717, 1.165) is 16.7 Å². The van der Waals surface area contributed by atoms with Crippen LogP contribution in [0.3, 0.4) is 0 Å². The predicted octanol–water partition coefficient (Wildman–Crippen LogP) is 3.86. The van der Waals surface area contributed by atoms with Crippen molar-refractivity contribution in [2.45, 2.75) is 18.6 Å². The van der Waals surface area contributed by atoms with Crippen LogP contribution in [0.4, 0.5) is 0 Å². The molecule has 0 aliphatic rings. The molecular weight excluding hydrogens is 332 g/mol. The highest BCUT2D eigenvalue weighted by atomic mass is 16.3. The number of aliphatic hydroxyl groups excluding tert-OH is 1. The Hall–Kier alpha value is -3.30. The summed E-state index contributed by atoms with van der Waals surface area (Å²) in [5.74, 6) is 11.4. The summed E-state index contributed by atoms with van der Waals surface area (Å²) < 4.78 is 0. The SMILES string of the molecule is Cc1ccc([C@H](O)C(O)(C#Cc2ccccc2)C#Cc2ccccc2)cc1. The summed E-state index contributed by atoms with van der Waals surface area (Å²) >= 11 is 0. The van der Waals surface area contributed by atoms with Gasteiger partial charge in [-0.15, -0.1) is 0 Å². The Morgan fingerprint density at radius 2 is 1.15 bits per heavy atom. The van der Waals surface area contributed by atoms with E-state index in [0.29, 0.717) is 5.56 Å². The summed E-state index contributed by atoms with van der Waals surface area (Å²) in [6.07, 6.45) is -1.26. The first-order valence-corrected chi connectivity index (χ1v) is 8.70. The molecule has 0 aliphatic carbocycles. The average molecular weight is 352 g/mol. The Morgan fingerprint density at radius 3 is 1.59 bits per heavy atom. The number of benzene rings is 3. The molecule has 0 bridgehead atoms. The number of rotatable bonds is 2. The molecule has 3 aromatic carbocycles. The third-order valence-electron chi connectivity index (χ3n) is 4.13. The van der Waals surface area contributed by atoms with Crippen LogP contribution in [0.5, 0.6) is 0 Å². The van der Waals surface area contributed by atoms with Crippen LogP contribution in [0.1, 0.15) is 28.4 Å². The van der Waals surface area contributed by atoms with Gasteiger partial charge in [0.15, 0.2) is 0 Å². The summed E-state index contributed by atoms with van der Waals surface area (Å²) in [5.41, 5.74) is 1.22. The molecule has 0 heterocycles. The van der Waals surface area contributed by atoms with Crippen LogP contribution in [-0.2, 0) is 0 Å². The van der Waals surface area contributed by atoms with E-state index in [1.54, 1.807) is 12.1 Å². The third-order valence-corrected chi connectivity index (χ3v) is 4.13. The second kappa shape index (κ2) is 8.39. The maximum atomic E-state index is 11.1. The molecule has 0 aliphatic heterocycles. The van der Waals surface area contributed by atoms with Gasteiger partial charge in [-0.1, -0.05) is 78.1 Å². The van der Waals surface area contributed by atoms with Gasteiger partial charge in [0.25, 0.3) is 0 Å². The molecule has 1 atom stereocenters. The van der Waals surface area contributed by atoms with Gasteiger partial charge in [0.1, 0.15) is 6.10 Å². The van der Waals surface area contributed by atoms with Gasteiger partial charge in [0.2, 0.25) is 5.60 Å². The lowest BCUT2D eigenvalue weighted by Gasteiger charge is -2.23. The van der Waals surface area contributed by atoms with Crippen molar-refractivity contribution in [3.63, 3.8) is 0 Å². The molecule has 2 heteroatoms. The molecule has 0 saturated carbocycles. The van der Waals surface area contributed by atoms with Crippen molar-refractivity contribution in [1.29, 1.82) is 0 Å². The second-order valence-corrected chi connectivity index (χ2v) is 6.31. The Bertz CT molecular complexity index is 941. The van der Waals surface area contributed by atoms with E-state index in [1.165, 1.54) is 0 Å².